The second kappa shape index (κ2) is 14.6. The number of halogens is 26. The second-order valence-corrected chi connectivity index (χ2v) is 13.1. The van der Waals surface area contributed by atoms with Crippen molar-refractivity contribution in [2.75, 3.05) is 6.61 Å². The van der Waals surface area contributed by atoms with Gasteiger partial charge in [-0.25, -0.2) is 0 Å². The average Bonchev–Trinajstić information content (AvgIpc) is 2.98. The normalized spacial score (nSPS) is 15.9. The molecule has 3 nitrogen and oxygen atoms in total. The Morgan fingerprint density at radius 3 is 1.00 bits per heavy atom. The highest BCUT2D eigenvalue weighted by Crippen LogP contribution is 2.62. The third-order valence-corrected chi connectivity index (χ3v) is 8.79. The fourth-order valence-corrected chi connectivity index (χ4v) is 4.94. The highest BCUT2D eigenvalue weighted by Gasteiger charge is 2.92. The van der Waals surface area contributed by atoms with E-state index in [1.165, 1.54) is 6.92 Å². The summed E-state index contributed by atoms with van der Waals surface area (Å²) in [5, 5.41) is 0. The molecule has 1 aromatic carbocycles. The van der Waals surface area contributed by atoms with Gasteiger partial charge in [0.15, 0.2) is 0 Å². The number of hydrogen-bond donors (Lipinski definition) is 0. The fourth-order valence-electron chi connectivity index (χ4n) is 3.96. The summed E-state index contributed by atoms with van der Waals surface area (Å²) in [6, 6.07) is 3.22. The van der Waals surface area contributed by atoms with Crippen molar-refractivity contribution in [3.8, 4) is 0 Å². The first-order valence-corrected chi connectivity index (χ1v) is 15.1. The Kier molecular flexibility index (Phi) is 13.4. The quantitative estimate of drug-likeness (QED) is 0.109. The van der Waals surface area contributed by atoms with Gasteiger partial charge in [-0.3, -0.25) is 4.18 Å². The van der Waals surface area contributed by atoms with Gasteiger partial charge in [-0.05, 0) is 37.8 Å². The molecule has 0 amide bonds. The van der Waals surface area contributed by atoms with E-state index in [4.69, 9.17) is 0 Å². The fraction of sp³-hybridized carbons (Fsp3) is 0.760. The predicted octanol–water partition coefficient (Wildman–Crippen LogP) is 11.4. The maximum atomic E-state index is 14.3. The molecule has 30 heteroatoms. The first-order chi connectivity index (χ1) is 23.8. The topological polar surface area (TPSA) is 43.4 Å². The van der Waals surface area contributed by atoms with E-state index >= 15 is 0 Å². The molecule has 0 aliphatic heterocycles. The largest absolute Gasteiger partial charge is 0.460 e. The maximum absolute atomic E-state index is 14.3. The van der Waals surface area contributed by atoms with Gasteiger partial charge in [-0.15, -0.1) is 0 Å². The van der Waals surface area contributed by atoms with Gasteiger partial charge in [0.25, 0.3) is 10.1 Å². The van der Waals surface area contributed by atoms with Crippen LogP contribution in [0.1, 0.15) is 31.2 Å². The SMILES string of the molecule is Cc1ccc(S(=O)(=O)OCC(CCC(F)(F)C(F)(F)C(F)(F)C(F)(F)C(F)(F)C(F)(F)F)CCC(F)(F)C(F)(F)C(F)(F)C(F)(F)C(F)(F)C(F)(F)F)cc1. The molecule has 0 fully saturated rings. The molecule has 0 aliphatic rings. The molecule has 0 saturated heterocycles. The van der Waals surface area contributed by atoms with Crippen LogP contribution in [0.15, 0.2) is 29.2 Å². The minimum Gasteiger partial charge on any atom is -0.266 e. The molecule has 1 rings (SSSR count). The van der Waals surface area contributed by atoms with E-state index in [0.717, 1.165) is 12.1 Å². The van der Waals surface area contributed by atoms with E-state index in [1.54, 1.807) is 0 Å². The maximum Gasteiger partial charge on any atom is 0.460 e. The molecule has 0 saturated carbocycles. The molecule has 324 valence electrons. The van der Waals surface area contributed by atoms with Crippen molar-refractivity contribution in [3.05, 3.63) is 29.8 Å². The Hall–Kier alpha value is -2.69. The van der Waals surface area contributed by atoms with E-state index in [9.17, 15) is 123 Å². The first kappa shape index (κ1) is 50.3. The lowest BCUT2D eigenvalue weighted by Gasteiger charge is -2.40. The molecule has 0 N–H and O–H groups in total. The zero-order chi connectivity index (χ0) is 44.3. The Bertz CT molecular complexity index is 1500. The van der Waals surface area contributed by atoms with E-state index in [2.05, 4.69) is 4.18 Å². The van der Waals surface area contributed by atoms with Crippen LogP contribution in [0.2, 0.25) is 0 Å². The van der Waals surface area contributed by atoms with Crippen LogP contribution in [0, 0.1) is 12.8 Å². The highest BCUT2D eigenvalue weighted by atomic mass is 32.2. The second-order valence-electron chi connectivity index (χ2n) is 11.5. The minimum atomic E-state index is -8.44. The van der Waals surface area contributed by atoms with Crippen LogP contribution in [-0.4, -0.2) is 86.6 Å². The Morgan fingerprint density at radius 1 is 0.455 bits per heavy atom. The molecule has 1 aromatic rings. The molecule has 0 radical (unpaired) electrons. The molecule has 0 heterocycles. The van der Waals surface area contributed by atoms with Crippen LogP contribution in [0.25, 0.3) is 0 Å². The van der Waals surface area contributed by atoms with Crippen LogP contribution < -0.4 is 0 Å². The minimum absolute atomic E-state index is 0.272. The third kappa shape index (κ3) is 8.48. The molecule has 0 unspecified atom stereocenters. The smallest absolute Gasteiger partial charge is 0.266 e. The molecular formula is C25H18F26O3S. The van der Waals surface area contributed by atoms with Crippen LogP contribution >= 0.6 is 0 Å². The summed E-state index contributed by atoms with van der Waals surface area (Å²) in [7, 11) is -5.37. The number of hydrogen-bond acceptors (Lipinski definition) is 3. The van der Waals surface area contributed by atoms with Crippen LogP contribution in [-0.2, 0) is 14.3 Å². The first-order valence-electron chi connectivity index (χ1n) is 13.7. The standard InChI is InChI=1S/C25H18F26O3S/c1-11-2-4-13(5-3-11)55(52,53)54-10-12(6-8-14(26,27)16(30,31)18(34,35)20(38,39)22(42,43)24(46,47)48)7-9-15(28,29)17(32,33)19(36,37)21(40,41)23(44,45)25(49,50)51/h2-5,12H,6-10H2,1H3. The predicted molar refractivity (Wildman–Crippen MR) is 128 cm³/mol. The van der Waals surface area contributed by atoms with Crippen molar-refractivity contribution in [2.24, 2.45) is 5.92 Å². The number of aryl methyl sites for hydroxylation is 1. The number of benzene rings is 1. The van der Waals surface area contributed by atoms with Crippen molar-refractivity contribution in [2.45, 2.75) is 109 Å². The lowest BCUT2D eigenvalue weighted by molar-refractivity contribution is -0.440. The van der Waals surface area contributed by atoms with Crippen LogP contribution in [0.3, 0.4) is 0 Å². The summed E-state index contributed by atoms with van der Waals surface area (Å²) in [4.78, 5) is -0.995. The van der Waals surface area contributed by atoms with Gasteiger partial charge in [0, 0.05) is 12.8 Å². The summed E-state index contributed by atoms with van der Waals surface area (Å²) in [5.74, 6) is -83.4. The van der Waals surface area contributed by atoms with Gasteiger partial charge in [0.1, 0.15) is 0 Å². The number of alkyl halides is 26. The van der Waals surface area contributed by atoms with Crippen molar-refractivity contribution < 1.29 is 127 Å². The Balaban J connectivity index is 3.64. The molecule has 55 heavy (non-hydrogen) atoms. The monoisotopic (exact) mass is 892 g/mol. The Labute approximate surface area is 289 Å². The lowest BCUT2D eigenvalue weighted by Crippen LogP contribution is -2.70. The van der Waals surface area contributed by atoms with Gasteiger partial charge >= 0.3 is 71.6 Å². The van der Waals surface area contributed by atoms with Gasteiger partial charge in [-0.1, -0.05) is 17.7 Å². The van der Waals surface area contributed by atoms with E-state index in [-0.39, 0.29) is 5.56 Å². The average molecular weight is 892 g/mol. The van der Waals surface area contributed by atoms with Crippen molar-refractivity contribution in [1.29, 1.82) is 0 Å². The summed E-state index contributed by atoms with van der Waals surface area (Å²) < 4.78 is 378. The van der Waals surface area contributed by atoms with Crippen LogP contribution in [0.5, 0.6) is 0 Å². The van der Waals surface area contributed by atoms with E-state index < -0.39 is 125 Å². The Morgan fingerprint density at radius 2 is 0.727 bits per heavy atom. The van der Waals surface area contributed by atoms with Gasteiger partial charge in [0.2, 0.25) is 0 Å². The summed E-state index contributed by atoms with van der Waals surface area (Å²) in [6.45, 7) is -0.858. The van der Waals surface area contributed by atoms with Crippen molar-refractivity contribution in [3.63, 3.8) is 0 Å². The van der Waals surface area contributed by atoms with E-state index in [0.29, 0.717) is 12.1 Å². The van der Waals surface area contributed by atoms with Gasteiger partial charge in [-0.2, -0.15) is 123 Å². The summed E-state index contributed by atoms with van der Waals surface area (Å²) in [6.07, 6.45) is -27.4. The van der Waals surface area contributed by atoms with Crippen LogP contribution in [0.4, 0.5) is 114 Å². The zero-order valence-electron chi connectivity index (χ0n) is 25.9. The van der Waals surface area contributed by atoms with Crippen molar-refractivity contribution >= 4 is 10.1 Å². The molecule has 0 aliphatic carbocycles. The summed E-state index contributed by atoms with van der Waals surface area (Å²) >= 11 is 0. The molecule has 0 atom stereocenters. The third-order valence-electron chi connectivity index (χ3n) is 7.50. The molecular weight excluding hydrogens is 874 g/mol. The van der Waals surface area contributed by atoms with Crippen molar-refractivity contribution in [1.82, 2.24) is 0 Å². The highest BCUT2D eigenvalue weighted by molar-refractivity contribution is 7.86. The summed E-state index contributed by atoms with van der Waals surface area (Å²) in [5.41, 5.74) is 0.272. The van der Waals surface area contributed by atoms with E-state index in [1.807, 2.05) is 0 Å². The lowest BCUT2D eigenvalue weighted by atomic mass is 9.87. The molecule has 0 aromatic heterocycles. The van der Waals surface area contributed by atoms with Gasteiger partial charge < -0.3 is 0 Å². The molecule has 0 spiro atoms. The zero-order valence-corrected chi connectivity index (χ0v) is 26.7. The number of rotatable bonds is 18. The van der Waals surface area contributed by atoms with Gasteiger partial charge in [0.05, 0.1) is 11.5 Å². The molecule has 0 bridgehead atoms.